The molecule has 1 N–H and O–H groups in total. The molecule has 0 saturated heterocycles. The lowest BCUT2D eigenvalue weighted by atomic mass is 10.1. The largest absolute Gasteiger partial charge is 0.454 e. The van der Waals surface area contributed by atoms with Crippen LogP contribution < -0.4 is 14.8 Å². The number of rotatable bonds is 4. The van der Waals surface area contributed by atoms with Gasteiger partial charge in [0.1, 0.15) is 5.82 Å². The van der Waals surface area contributed by atoms with Crippen LogP contribution in [0.25, 0.3) is 5.69 Å². The van der Waals surface area contributed by atoms with Crippen molar-refractivity contribution in [3.05, 3.63) is 65.2 Å². The number of benzene rings is 2. The van der Waals surface area contributed by atoms with E-state index >= 15 is 0 Å². The van der Waals surface area contributed by atoms with Gasteiger partial charge in [0, 0.05) is 0 Å². The molecule has 4 rings (SSSR count). The molecule has 0 bridgehead atoms. The molecule has 3 aromatic rings. The van der Waals surface area contributed by atoms with E-state index in [1.807, 2.05) is 0 Å². The molecule has 0 fully saturated rings. The molecule has 0 aliphatic carbocycles. The van der Waals surface area contributed by atoms with Gasteiger partial charge in [-0.3, -0.25) is 4.79 Å². The molecule has 1 amide bonds. The molecule has 1 unspecified atom stereocenters. The molecule has 2 heterocycles. The van der Waals surface area contributed by atoms with Crippen molar-refractivity contribution in [2.45, 2.75) is 19.1 Å². The summed E-state index contributed by atoms with van der Waals surface area (Å²) in [6, 6.07) is 8.48. The van der Waals surface area contributed by atoms with Crippen LogP contribution in [0.5, 0.6) is 11.5 Å². The van der Waals surface area contributed by atoms with Crippen molar-refractivity contribution in [2.24, 2.45) is 0 Å². The highest BCUT2D eigenvalue weighted by Crippen LogP contribution is 2.35. The Morgan fingerprint density at radius 2 is 1.83 bits per heavy atom. The number of nitrogens with one attached hydrogen (secondary N) is 1. The van der Waals surface area contributed by atoms with Gasteiger partial charge in [0.25, 0.3) is 5.91 Å². The molecule has 0 radical (unpaired) electrons. The Morgan fingerprint density at radius 3 is 2.53 bits per heavy atom. The van der Waals surface area contributed by atoms with Gasteiger partial charge in [0.15, 0.2) is 22.9 Å². The van der Waals surface area contributed by atoms with Crippen LogP contribution in [-0.2, 0) is 6.18 Å². The third-order valence-corrected chi connectivity index (χ3v) is 4.47. The van der Waals surface area contributed by atoms with Gasteiger partial charge in [0.05, 0.1) is 11.7 Å². The Balaban J connectivity index is 1.63. The zero-order chi connectivity index (χ0) is 21.5. The van der Waals surface area contributed by atoms with E-state index in [2.05, 4.69) is 15.6 Å². The number of carbonyl (C=O) groups is 1. The van der Waals surface area contributed by atoms with Crippen molar-refractivity contribution in [1.82, 2.24) is 20.3 Å². The Kier molecular flexibility index (Phi) is 4.80. The molecule has 1 atom stereocenters. The number of alkyl halides is 3. The summed E-state index contributed by atoms with van der Waals surface area (Å²) in [5.41, 5.74) is -1.73. The monoisotopic (exact) mass is 422 g/mol. The fraction of sp³-hybridized carbons (Fsp3) is 0.211. The molecule has 0 saturated carbocycles. The van der Waals surface area contributed by atoms with Crippen LogP contribution in [0.3, 0.4) is 0 Å². The second-order valence-electron chi connectivity index (χ2n) is 6.48. The highest BCUT2D eigenvalue weighted by molar-refractivity contribution is 5.93. The molecular formula is C19H14F4N4O3. The van der Waals surface area contributed by atoms with Gasteiger partial charge in [-0.2, -0.15) is 13.2 Å². The first kappa shape index (κ1) is 19.7. The van der Waals surface area contributed by atoms with Gasteiger partial charge in [-0.05, 0) is 48.9 Å². The summed E-state index contributed by atoms with van der Waals surface area (Å²) >= 11 is 0. The molecule has 7 nitrogen and oxygen atoms in total. The van der Waals surface area contributed by atoms with E-state index in [0.29, 0.717) is 21.7 Å². The average molecular weight is 422 g/mol. The minimum absolute atomic E-state index is 0.0704. The molecule has 30 heavy (non-hydrogen) atoms. The van der Waals surface area contributed by atoms with Crippen molar-refractivity contribution in [3.63, 3.8) is 0 Å². The maximum Gasteiger partial charge on any atom is 0.435 e. The smallest absolute Gasteiger partial charge is 0.435 e. The van der Waals surface area contributed by atoms with Crippen molar-refractivity contribution < 1.29 is 31.8 Å². The van der Waals surface area contributed by atoms with E-state index in [1.165, 1.54) is 0 Å². The highest BCUT2D eigenvalue weighted by atomic mass is 19.4. The van der Waals surface area contributed by atoms with E-state index in [0.717, 1.165) is 24.3 Å². The predicted molar refractivity (Wildman–Crippen MR) is 94.8 cm³/mol. The van der Waals surface area contributed by atoms with Crippen molar-refractivity contribution in [3.8, 4) is 17.2 Å². The van der Waals surface area contributed by atoms with Crippen LogP contribution in [-0.4, -0.2) is 27.7 Å². The lowest BCUT2D eigenvalue weighted by Gasteiger charge is -2.15. The number of amides is 1. The van der Waals surface area contributed by atoms with Gasteiger partial charge in [-0.1, -0.05) is 11.3 Å². The molecule has 1 aliphatic rings. The summed E-state index contributed by atoms with van der Waals surface area (Å²) in [4.78, 5) is 12.6. The molecular weight excluding hydrogens is 408 g/mol. The van der Waals surface area contributed by atoms with Gasteiger partial charge in [0.2, 0.25) is 6.79 Å². The SMILES string of the molecule is CC(NC(=O)c1nnn(-c2ccc(F)cc2)c1C(F)(F)F)c1ccc2c(c1)OCO2. The van der Waals surface area contributed by atoms with Gasteiger partial charge in [-0.15, -0.1) is 5.10 Å². The van der Waals surface area contributed by atoms with Crippen LogP contribution in [0.4, 0.5) is 17.6 Å². The summed E-state index contributed by atoms with van der Waals surface area (Å²) < 4.78 is 65.1. The van der Waals surface area contributed by atoms with Crippen LogP contribution >= 0.6 is 0 Å². The zero-order valence-electron chi connectivity index (χ0n) is 15.4. The van der Waals surface area contributed by atoms with Gasteiger partial charge < -0.3 is 14.8 Å². The quantitative estimate of drug-likeness (QED) is 0.650. The summed E-state index contributed by atoms with van der Waals surface area (Å²) in [5, 5.41) is 9.37. The lowest BCUT2D eigenvalue weighted by Crippen LogP contribution is -2.29. The Hall–Kier alpha value is -3.63. The second kappa shape index (κ2) is 7.32. The van der Waals surface area contributed by atoms with Crippen LogP contribution in [0.2, 0.25) is 0 Å². The third kappa shape index (κ3) is 3.65. The molecule has 11 heteroatoms. The van der Waals surface area contributed by atoms with Crippen molar-refractivity contribution in [2.75, 3.05) is 6.79 Å². The number of aromatic nitrogens is 3. The van der Waals surface area contributed by atoms with E-state index in [4.69, 9.17) is 9.47 Å². The molecule has 1 aromatic heterocycles. The first-order valence-corrected chi connectivity index (χ1v) is 8.73. The topological polar surface area (TPSA) is 78.3 Å². The first-order chi connectivity index (χ1) is 14.2. The summed E-state index contributed by atoms with van der Waals surface area (Å²) in [6.07, 6.45) is -4.92. The van der Waals surface area contributed by atoms with Gasteiger partial charge in [-0.25, -0.2) is 9.07 Å². The summed E-state index contributed by atoms with van der Waals surface area (Å²) in [5.74, 6) is -0.658. The third-order valence-electron chi connectivity index (χ3n) is 4.47. The van der Waals surface area contributed by atoms with E-state index in [1.54, 1.807) is 25.1 Å². The number of fused-ring (bicyclic) bond motifs is 1. The number of carbonyl (C=O) groups excluding carboxylic acids is 1. The Morgan fingerprint density at radius 1 is 1.13 bits per heavy atom. The fourth-order valence-electron chi connectivity index (χ4n) is 2.98. The Labute approximate surface area is 167 Å². The number of ether oxygens (including phenoxy) is 2. The maximum atomic E-state index is 13.7. The molecule has 156 valence electrons. The van der Waals surface area contributed by atoms with E-state index in [-0.39, 0.29) is 12.5 Å². The molecule has 0 spiro atoms. The second-order valence-corrected chi connectivity index (χ2v) is 6.48. The number of nitrogens with zero attached hydrogens (tertiary/aromatic N) is 3. The van der Waals surface area contributed by atoms with Crippen LogP contribution in [0, 0.1) is 5.82 Å². The van der Waals surface area contributed by atoms with Crippen LogP contribution in [0.1, 0.15) is 34.7 Å². The normalized spacial score (nSPS) is 13.9. The van der Waals surface area contributed by atoms with E-state index in [9.17, 15) is 22.4 Å². The zero-order valence-corrected chi connectivity index (χ0v) is 15.4. The molecule has 1 aliphatic heterocycles. The molecule has 2 aromatic carbocycles. The van der Waals surface area contributed by atoms with Crippen molar-refractivity contribution in [1.29, 1.82) is 0 Å². The minimum Gasteiger partial charge on any atom is -0.454 e. The summed E-state index contributed by atoms with van der Waals surface area (Å²) in [6.45, 7) is 1.67. The predicted octanol–water partition coefficient (Wildman–Crippen LogP) is 3.64. The van der Waals surface area contributed by atoms with Crippen LogP contribution in [0.15, 0.2) is 42.5 Å². The number of hydrogen-bond donors (Lipinski definition) is 1. The lowest BCUT2D eigenvalue weighted by molar-refractivity contribution is -0.143. The maximum absolute atomic E-state index is 13.7. The standard InChI is InChI=1S/C19H14F4N4O3/c1-10(11-2-7-14-15(8-11)30-9-29-14)24-18(28)16-17(19(21,22)23)27(26-25-16)13-5-3-12(20)4-6-13/h2-8,10H,9H2,1H3,(H,24,28). The minimum atomic E-state index is -4.92. The first-order valence-electron chi connectivity index (χ1n) is 8.73. The average Bonchev–Trinajstić information content (AvgIpc) is 3.34. The fourth-order valence-corrected chi connectivity index (χ4v) is 2.98. The number of halogens is 4. The Bertz CT molecular complexity index is 1100. The highest BCUT2D eigenvalue weighted by Gasteiger charge is 2.42. The van der Waals surface area contributed by atoms with Gasteiger partial charge >= 0.3 is 6.18 Å². The van der Waals surface area contributed by atoms with E-state index < -0.39 is 35.3 Å². The number of hydrogen-bond acceptors (Lipinski definition) is 5. The van der Waals surface area contributed by atoms with Crippen molar-refractivity contribution >= 4 is 5.91 Å². The summed E-state index contributed by atoms with van der Waals surface area (Å²) in [7, 11) is 0.